The quantitative estimate of drug-likeness (QED) is 0.863. The minimum Gasteiger partial charge on any atom is -0.489 e. The van der Waals surface area contributed by atoms with Crippen molar-refractivity contribution < 1.29 is 9.84 Å². The van der Waals surface area contributed by atoms with Gasteiger partial charge in [-0.2, -0.15) is 0 Å². The molecule has 2 rings (SSSR count). The summed E-state index contributed by atoms with van der Waals surface area (Å²) in [5.41, 5.74) is 3.70. The average molecular weight is 270 g/mol. The van der Waals surface area contributed by atoms with Crippen molar-refractivity contribution >= 4 is 0 Å². The van der Waals surface area contributed by atoms with Crippen molar-refractivity contribution in [2.45, 2.75) is 39.4 Å². The molecule has 0 bridgehead atoms. The summed E-state index contributed by atoms with van der Waals surface area (Å²) in [5, 5.41) is 9.28. The molecule has 0 fully saturated rings. The van der Waals surface area contributed by atoms with Crippen LogP contribution in [-0.4, -0.2) is 11.2 Å². The van der Waals surface area contributed by atoms with E-state index in [1.54, 1.807) is 0 Å². The molecule has 20 heavy (non-hydrogen) atoms. The Kier molecular flexibility index (Phi) is 5.19. The molecule has 0 amide bonds. The molecule has 0 spiro atoms. The van der Waals surface area contributed by atoms with Crippen molar-refractivity contribution in [3.05, 3.63) is 65.2 Å². The predicted molar refractivity (Wildman–Crippen MR) is 82.0 cm³/mol. The van der Waals surface area contributed by atoms with Gasteiger partial charge in [0.2, 0.25) is 0 Å². The summed E-state index contributed by atoms with van der Waals surface area (Å²) >= 11 is 0. The highest BCUT2D eigenvalue weighted by Crippen LogP contribution is 2.16. The fourth-order valence-corrected chi connectivity index (χ4v) is 2.06. The summed E-state index contributed by atoms with van der Waals surface area (Å²) in [6, 6.07) is 16.4. The van der Waals surface area contributed by atoms with Gasteiger partial charge in [-0.05, 0) is 55.5 Å². The van der Waals surface area contributed by atoms with Crippen LogP contribution in [0.1, 0.15) is 30.0 Å². The van der Waals surface area contributed by atoms with E-state index in [2.05, 4.69) is 31.2 Å². The summed E-state index contributed by atoms with van der Waals surface area (Å²) < 4.78 is 5.80. The zero-order valence-corrected chi connectivity index (χ0v) is 12.2. The van der Waals surface area contributed by atoms with E-state index >= 15 is 0 Å². The zero-order valence-electron chi connectivity index (χ0n) is 12.2. The van der Waals surface area contributed by atoms with Crippen LogP contribution in [0.4, 0.5) is 0 Å². The lowest BCUT2D eigenvalue weighted by Gasteiger charge is -2.09. The van der Waals surface area contributed by atoms with Gasteiger partial charge in [0.25, 0.3) is 0 Å². The summed E-state index contributed by atoms with van der Waals surface area (Å²) in [5.74, 6) is 0.883. The van der Waals surface area contributed by atoms with Gasteiger partial charge in [-0.1, -0.05) is 36.4 Å². The highest BCUT2D eigenvalue weighted by atomic mass is 16.5. The third kappa shape index (κ3) is 4.39. The van der Waals surface area contributed by atoms with Gasteiger partial charge in [0.15, 0.2) is 0 Å². The molecule has 0 aliphatic rings. The van der Waals surface area contributed by atoms with Crippen molar-refractivity contribution in [3.8, 4) is 5.75 Å². The number of hydrogen-bond acceptors (Lipinski definition) is 2. The van der Waals surface area contributed by atoms with Gasteiger partial charge in [-0.3, -0.25) is 0 Å². The molecule has 0 aliphatic carbocycles. The summed E-state index contributed by atoms with van der Waals surface area (Å²) in [6.45, 7) is 4.51. The van der Waals surface area contributed by atoms with E-state index in [9.17, 15) is 5.11 Å². The Morgan fingerprint density at radius 2 is 1.75 bits per heavy atom. The number of benzene rings is 2. The molecular formula is C18H22O2. The van der Waals surface area contributed by atoms with Crippen molar-refractivity contribution in [2.24, 2.45) is 0 Å². The largest absolute Gasteiger partial charge is 0.489 e. The van der Waals surface area contributed by atoms with Crippen LogP contribution in [0.5, 0.6) is 5.75 Å². The number of hydrogen-bond donors (Lipinski definition) is 1. The molecule has 0 aromatic heterocycles. The maximum atomic E-state index is 9.28. The molecule has 2 aromatic carbocycles. The third-order valence-electron chi connectivity index (χ3n) is 3.43. The minimum absolute atomic E-state index is 0.244. The van der Waals surface area contributed by atoms with E-state index in [1.807, 2.05) is 31.2 Å². The van der Waals surface area contributed by atoms with E-state index < -0.39 is 0 Å². The molecule has 2 heteroatoms. The monoisotopic (exact) mass is 270 g/mol. The standard InChI is InChI=1S/C18H22O2/c1-14-5-3-4-6-17(14)13-20-18-11-9-16(10-12-18)8-7-15(2)19/h3-6,9-12,15,19H,7-8,13H2,1-2H3. The van der Waals surface area contributed by atoms with Crippen LogP contribution in [0.25, 0.3) is 0 Å². The second-order valence-electron chi connectivity index (χ2n) is 5.25. The highest BCUT2D eigenvalue weighted by Gasteiger charge is 2.01. The van der Waals surface area contributed by atoms with Gasteiger partial charge >= 0.3 is 0 Å². The smallest absolute Gasteiger partial charge is 0.119 e. The molecule has 2 aromatic rings. The van der Waals surface area contributed by atoms with Gasteiger partial charge < -0.3 is 9.84 Å². The summed E-state index contributed by atoms with van der Waals surface area (Å²) in [6.07, 6.45) is 1.45. The van der Waals surface area contributed by atoms with Gasteiger partial charge in [-0.25, -0.2) is 0 Å². The first-order chi connectivity index (χ1) is 9.65. The van der Waals surface area contributed by atoms with Gasteiger partial charge in [0.05, 0.1) is 6.10 Å². The maximum Gasteiger partial charge on any atom is 0.119 e. The summed E-state index contributed by atoms with van der Waals surface area (Å²) in [4.78, 5) is 0. The molecule has 0 saturated carbocycles. The Hall–Kier alpha value is -1.80. The molecule has 0 heterocycles. The Morgan fingerprint density at radius 3 is 2.40 bits per heavy atom. The molecular weight excluding hydrogens is 248 g/mol. The molecule has 2 nitrogen and oxygen atoms in total. The molecule has 106 valence electrons. The van der Waals surface area contributed by atoms with E-state index in [1.165, 1.54) is 16.7 Å². The van der Waals surface area contributed by atoms with E-state index in [0.29, 0.717) is 6.61 Å². The lowest BCUT2D eigenvalue weighted by Crippen LogP contribution is -2.01. The van der Waals surface area contributed by atoms with E-state index in [4.69, 9.17) is 4.74 Å². The number of aryl methyl sites for hydroxylation is 2. The lowest BCUT2D eigenvalue weighted by molar-refractivity contribution is 0.185. The van der Waals surface area contributed by atoms with Crippen LogP contribution in [0, 0.1) is 6.92 Å². The first kappa shape index (κ1) is 14.6. The molecule has 1 atom stereocenters. The predicted octanol–water partition coefficient (Wildman–Crippen LogP) is 3.89. The van der Waals surface area contributed by atoms with E-state index in [0.717, 1.165) is 18.6 Å². The zero-order chi connectivity index (χ0) is 14.4. The first-order valence-corrected chi connectivity index (χ1v) is 7.09. The van der Waals surface area contributed by atoms with Gasteiger partial charge in [0, 0.05) is 0 Å². The fourth-order valence-electron chi connectivity index (χ4n) is 2.06. The van der Waals surface area contributed by atoms with Gasteiger partial charge in [-0.15, -0.1) is 0 Å². The van der Waals surface area contributed by atoms with Crippen molar-refractivity contribution in [3.63, 3.8) is 0 Å². The SMILES string of the molecule is Cc1ccccc1COc1ccc(CCC(C)O)cc1. The molecule has 1 N–H and O–H groups in total. The highest BCUT2D eigenvalue weighted by molar-refractivity contribution is 5.29. The summed E-state index contributed by atoms with van der Waals surface area (Å²) in [7, 11) is 0. The van der Waals surface area contributed by atoms with Crippen LogP contribution >= 0.6 is 0 Å². The molecule has 0 radical (unpaired) electrons. The van der Waals surface area contributed by atoms with E-state index in [-0.39, 0.29) is 6.10 Å². The number of rotatable bonds is 6. The average Bonchev–Trinajstić information content (AvgIpc) is 2.45. The first-order valence-electron chi connectivity index (χ1n) is 7.09. The fraction of sp³-hybridized carbons (Fsp3) is 0.333. The Bertz CT molecular complexity index is 529. The molecule has 0 aliphatic heterocycles. The Morgan fingerprint density at radius 1 is 1.05 bits per heavy atom. The molecule has 1 unspecified atom stereocenters. The van der Waals surface area contributed by atoms with Crippen molar-refractivity contribution in [1.29, 1.82) is 0 Å². The second kappa shape index (κ2) is 7.11. The maximum absolute atomic E-state index is 9.28. The van der Waals surface area contributed by atoms with Gasteiger partial charge in [0.1, 0.15) is 12.4 Å². The second-order valence-corrected chi connectivity index (χ2v) is 5.25. The lowest BCUT2D eigenvalue weighted by atomic mass is 10.1. The van der Waals surface area contributed by atoms with Crippen LogP contribution < -0.4 is 4.74 Å². The third-order valence-corrected chi connectivity index (χ3v) is 3.43. The van der Waals surface area contributed by atoms with Crippen molar-refractivity contribution in [1.82, 2.24) is 0 Å². The van der Waals surface area contributed by atoms with Crippen molar-refractivity contribution in [2.75, 3.05) is 0 Å². The van der Waals surface area contributed by atoms with Crippen LogP contribution in [0.2, 0.25) is 0 Å². The minimum atomic E-state index is -0.244. The molecule has 0 saturated heterocycles. The number of aliphatic hydroxyl groups excluding tert-OH is 1. The van der Waals surface area contributed by atoms with Crippen LogP contribution in [0.3, 0.4) is 0 Å². The topological polar surface area (TPSA) is 29.5 Å². The Labute approximate surface area is 121 Å². The number of ether oxygens (including phenoxy) is 1. The normalized spacial score (nSPS) is 12.2. The van der Waals surface area contributed by atoms with Crippen LogP contribution in [-0.2, 0) is 13.0 Å². The van der Waals surface area contributed by atoms with Crippen LogP contribution in [0.15, 0.2) is 48.5 Å². The number of aliphatic hydroxyl groups is 1. The Balaban J connectivity index is 1.89.